The minimum atomic E-state index is -1.05. The molecule has 18 heavy (non-hydrogen) atoms. The lowest BCUT2D eigenvalue weighted by atomic mass is 10.1. The maximum absolute atomic E-state index is 12.7. The molecule has 1 aromatic rings. The number of halogens is 1. The van der Waals surface area contributed by atoms with E-state index in [2.05, 4.69) is 4.99 Å². The summed E-state index contributed by atoms with van der Waals surface area (Å²) in [5.74, 6) is -1.90. The van der Waals surface area contributed by atoms with Crippen molar-refractivity contribution in [2.75, 3.05) is 6.54 Å². The maximum atomic E-state index is 12.7. The maximum Gasteiger partial charge on any atom is 0.328 e. The van der Waals surface area contributed by atoms with Crippen molar-refractivity contribution >= 4 is 12.2 Å². The van der Waals surface area contributed by atoms with Crippen LogP contribution in [0.2, 0.25) is 0 Å². The van der Waals surface area contributed by atoms with Gasteiger partial charge < -0.3 is 15.9 Å². The molecular formula is C12H15FN2O3. The number of rotatable bonds is 6. The van der Waals surface area contributed by atoms with Crippen molar-refractivity contribution in [3.63, 3.8) is 0 Å². The molecule has 0 aliphatic heterocycles. The molecular weight excluding hydrogens is 239 g/mol. The minimum Gasteiger partial charge on any atom is -0.507 e. The number of aliphatic carboxylic acids is 1. The summed E-state index contributed by atoms with van der Waals surface area (Å²) in [6.07, 6.45) is 2.10. The van der Waals surface area contributed by atoms with Crippen LogP contribution >= 0.6 is 0 Å². The number of phenols is 1. The van der Waals surface area contributed by atoms with E-state index in [1.165, 1.54) is 12.3 Å². The lowest BCUT2D eigenvalue weighted by Gasteiger charge is -2.06. The van der Waals surface area contributed by atoms with E-state index >= 15 is 0 Å². The fourth-order valence-electron chi connectivity index (χ4n) is 1.37. The molecule has 0 fully saturated rings. The highest BCUT2D eigenvalue weighted by Crippen LogP contribution is 2.16. The van der Waals surface area contributed by atoms with E-state index in [0.717, 1.165) is 12.1 Å². The molecule has 0 saturated carbocycles. The van der Waals surface area contributed by atoms with Gasteiger partial charge in [0.15, 0.2) is 0 Å². The third kappa shape index (κ3) is 4.14. The van der Waals surface area contributed by atoms with E-state index in [1.54, 1.807) is 0 Å². The van der Waals surface area contributed by atoms with E-state index in [0.29, 0.717) is 19.4 Å². The summed E-state index contributed by atoms with van der Waals surface area (Å²) >= 11 is 0. The normalized spacial score (nSPS) is 12.8. The Hall–Kier alpha value is -1.95. The van der Waals surface area contributed by atoms with Gasteiger partial charge >= 0.3 is 5.97 Å². The first-order chi connectivity index (χ1) is 8.54. The molecule has 0 saturated heterocycles. The molecule has 1 rings (SSSR count). The van der Waals surface area contributed by atoms with Gasteiger partial charge in [0.05, 0.1) is 0 Å². The highest BCUT2D eigenvalue weighted by molar-refractivity contribution is 5.85. The smallest absolute Gasteiger partial charge is 0.328 e. The predicted octanol–water partition coefficient (Wildman–Crippen LogP) is 1.14. The van der Waals surface area contributed by atoms with Crippen LogP contribution in [0.25, 0.3) is 0 Å². The molecule has 0 heterocycles. The third-order valence-electron chi connectivity index (χ3n) is 2.35. The topological polar surface area (TPSA) is 95.9 Å². The van der Waals surface area contributed by atoms with Gasteiger partial charge in [0.2, 0.25) is 0 Å². The van der Waals surface area contributed by atoms with Crippen LogP contribution in [0.15, 0.2) is 23.2 Å². The Balaban J connectivity index is 2.78. The number of hydrogen-bond acceptors (Lipinski definition) is 4. The zero-order valence-corrected chi connectivity index (χ0v) is 9.71. The van der Waals surface area contributed by atoms with Crippen LogP contribution in [0, 0.1) is 5.82 Å². The second-order valence-electron chi connectivity index (χ2n) is 3.77. The molecule has 6 heteroatoms. The van der Waals surface area contributed by atoms with E-state index in [1.807, 2.05) is 0 Å². The summed E-state index contributed by atoms with van der Waals surface area (Å²) in [7, 11) is 0. The van der Waals surface area contributed by atoms with E-state index < -0.39 is 17.8 Å². The van der Waals surface area contributed by atoms with Gasteiger partial charge in [-0.1, -0.05) is 0 Å². The molecule has 0 aliphatic carbocycles. The van der Waals surface area contributed by atoms with E-state index in [-0.39, 0.29) is 11.3 Å². The van der Waals surface area contributed by atoms with Crippen LogP contribution in [-0.4, -0.2) is 35.0 Å². The first kappa shape index (κ1) is 14.1. The van der Waals surface area contributed by atoms with Crippen LogP contribution in [0.4, 0.5) is 4.39 Å². The highest BCUT2D eigenvalue weighted by atomic mass is 19.1. The zero-order valence-electron chi connectivity index (χ0n) is 9.71. The molecule has 98 valence electrons. The molecule has 0 radical (unpaired) electrons. The van der Waals surface area contributed by atoms with E-state index in [9.17, 15) is 14.3 Å². The van der Waals surface area contributed by atoms with Crippen molar-refractivity contribution in [2.45, 2.75) is 18.9 Å². The number of hydrogen-bond donors (Lipinski definition) is 3. The van der Waals surface area contributed by atoms with Gasteiger partial charge in [0, 0.05) is 17.8 Å². The lowest BCUT2D eigenvalue weighted by Crippen LogP contribution is -2.19. The average Bonchev–Trinajstić information content (AvgIpc) is 2.31. The van der Waals surface area contributed by atoms with Gasteiger partial charge in [-0.25, -0.2) is 9.18 Å². The number of phenolic OH excluding ortho intramolecular Hbond substituents is 1. The Morgan fingerprint density at radius 1 is 1.56 bits per heavy atom. The summed E-state index contributed by atoms with van der Waals surface area (Å²) in [6, 6.07) is 2.53. The summed E-state index contributed by atoms with van der Waals surface area (Å²) in [5, 5.41) is 18.3. The molecule has 0 amide bonds. The SMILES string of the molecule is NCCC[C@H](N=Cc1ccc(F)cc1O)C(=O)O. The Kier molecular flexibility index (Phi) is 5.26. The Bertz CT molecular complexity index is 449. The van der Waals surface area contributed by atoms with Crippen molar-refractivity contribution in [2.24, 2.45) is 10.7 Å². The zero-order chi connectivity index (χ0) is 13.5. The molecule has 1 aromatic carbocycles. The molecule has 0 bridgehead atoms. The summed E-state index contributed by atoms with van der Waals surface area (Å²) in [4.78, 5) is 14.7. The average molecular weight is 254 g/mol. The van der Waals surface area contributed by atoms with Gasteiger partial charge in [-0.2, -0.15) is 0 Å². The Morgan fingerprint density at radius 2 is 2.28 bits per heavy atom. The number of carbonyl (C=O) groups is 1. The van der Waals surface area contributed by atoms with Gasteiger partial charge in [0.1, 0.15) is 17.6 Å². The van der Waals surface area contributed by atoms with Crippen LogP contribution in [-0.2, 0) is 4.79 Å². The third-order valence-corrected chi connectivity index (χ3v) is 2.35. The molecule has 5 nitrogen and oxygen atoms in total. The second-order valence-corrected chi connectivity index (χ2v) is 3.77. The molecule has 4 N–H and O–H groups in total. The van der Waals surface area contributed by atoms with Crippen LogP contribution in [0.3, 0.4) is 0 Å². The number of carboxylic acids is 1. The van der Waals surface area contributed by atoms with Crippen LogP contribution in [0.5, 0.6) is 5.75 Å². The van der Waals surface area contributed by atoms with Crippen LogP contribution < -0.4 is 5.73 Å². The fraction of sp³-hybridized carbons (Fsp3) is 0.333. The van der Waals surface area contributed by atoms with Gasteiger partial charge in [0.25, 0.3) is 0 Å². The highest BCUT2D eigenvalue weighted by Gasteiger charge is 2.14. The minimum absolute atomic E-state index is 0.274. The van der Waals surface area contributed by atoms with Crippen LogP contribution in [0.1, 0.15) is 18.4 Å². The van der Waals surface area contributed by atoms with E-state index in [4.69, 9.17) is 10.8 Å². The quantitative estimate of drug-likeness (QED) is 0.663. The van der Waals surface area contributed by atoms with Crippen molar-refractivity contribution in [3.05, 3.63) is 29.6 Å². The number of aromatic hydroxyl groups is 1. The van der Waals surface area contributed by atoms with Gasteiger partial charge in [-0.15, -0.1) is 0 Å². The lowest BCUT2D eigenvalue weighted by molar-refractivity contribution is -0.138. The second kappa shape index (κ2) is 6.70. The predicted molar refractivity (Wildman–Crippen MR) is 65.4 cm³/mol. The Morgan fingerprint density at radius 3 is 2.83 bits per heavy atom. The van der Waals surface area contributed by atoms with Crippen molar-refractivity contribution in [1.82, 2.24) is 0 Å². The van der Waals surface area contributed by atoms with Gasteiger partial charge in [-0.3, -0.25) is 4.99 Å². The summed E-state index contributed by atoms with van der Waals surface area (Å²) < 4.78 is 12.7. The standard InChI is InChI=1S/C12H15FN2O3/c13-9-4-3-8(11(16)6-9)7-15-10(12(17)18)2-1-5-14/h3-4,6-7,10,16H,1-2,5,14H2,(H,17,18)/t10-/m0/s1. The molecule has 0 unspecified atom stereocenters. The first-order valence-electron chi connectivity index (χ1n) is 5.49. The number of nitrogens with two attached hydrogens (primary N) is 1. The molecule has 1 atom stereocenters. The molecule has 0 spiro atoms. The van der Waals surface area contributed by atoms with Crippen molar-refractivity contribution < 1.29 is 19.4 Å². The number of carboxylic acid groups (broad SMARTS) is 1. The van der Waals surface area contributed by atoms with Crippen molar-refractivity contribution in [3.8, 4) is 5.75 Å². The fourth-order valence-corrected chi connectivity index (χ4v) is 1.37. The largest absolute Gasteiger partial charge is 0.507 e. The first-order valence-corrected chi connectivity index (χ1v) is 5.49. The summed E-state index contributed by atoms with van der Waals surface area (Å²) in [6.45, 7) is 0.390. The number of benzene rings is 1. The molecule has 0 aromatic heterocycles. The monoisotopic (exact) mass is 254 g/mol. The Labute approximate surface area is 104 Å². The van der Waals surface area contributed by atoms with Gasteiger partial charge in [-0.05, 0) is 31.5 Å². The summed E-state index contributed by atoms with van der Waals surface area (Å²) in [5.41, 5.74) is 5.57. The number of nitrogens with zero attached hydrogens (tertiary/aromatic N) is 1. The number of aliphatic imine (C=N–C) groups is 1. The van der Waals surface area contributed by atoms with Crippen molar-refractivity contribution in [1.29, 1.82) is 0 Å². The molecule has 0 aliphatic rings.